The summed E-state index contributed by atoms with van der Waals surface area (Å²) in [6.45, 7) is 3.60. The topological polar surface area (TPSA) is 101 Å². The van der Waals surface area contributed by atoms with Gasteiger partial charge in [-0.05, 0) is 30.0 Å². The Kier molecular flexibility index (Phi) is 4.53. The Morgan fingerprint density at radius 3 is 2.44 bits per heavy atom. The quantitative estimate of drug-likeness (QED) is 0.873. The van der Waals surface area contributed by atoms with E-state index in [4.69, 9.17) is 5.14 Å². The molecule has 0 amide bonds. The second-order valence-electron chi connectivity index (χ2n) is 6.42. The Hall–Kier alpha value is -2.38. The van der Waals surface area contributed by atoms with E-state index in [1.165, 1.54) is 6.07 Å². The second kappa shape index (κ2) is 6.50. The van der Waals surface area contributed by atoms with Crippen LogP contribution in [0.5, 0.6) is 0 Å². The summed E-state index contributed by atoms with van der Waals surface area (Å²) in [6, 6.07) is 11.7. The normalized spacial score (nSPS) is 17.7. The summed E-state index contributed by atoms with van der Waals surface area (Å²) in [4.78, 5) is 13.4. The summed E-state index contributed by atoms with van der Waals surface area (Å²) in [7, 11) is -4.09. The third kappa shape index (κ3) is 3.52. The number of carboxylic acid groups (broad SMARTS) is 1. The maximum Gasteiger partial charge on any atom is 0.335 e. The largest absolute Gasteiger partial charge is 0.478 e. The van der Waals surface area contributed by atoms with Crippen LogP contribution in [0.25, 0.3) is 11.1 Å². The Bertz CT molecular complexity index is 910. The number of carbonyl (C=O) groups is 1. The molecule has 7 heteroatoms. The number of primary sulfonamides is 1. The number of benzene rings is 2. The Morgan fingerprint density at radius 1 is 1.24 bits per heavy atom. The number of hydrogen-bond acceptors (Lipinski definition) is 4. The van der Waals surface area contributed by atoms with Crippen LogP contribution in [0.15, 0.2) is 47.4 Å². The third-order valence-electron chi connectivity index (χ3n) is 4.46. The van der Waals surface area contributed by atoms with Crippen LogP contribution in [0, 0.1) is 5.92 Å². The molecule has 3 rings (SSSR count). The van der Waals surface area contributed by atoms with E-state index in [1.54, 1.807) is 12.1 Å². The summed E-state index contributed by atoms with van der Waals surface area (Å²) in [5.74, 6) is -0.729. The van der Waals surface area contributed by atoms with Crippen molar-refractivity contribution < 1.29 is 18.3 Å². The van der Waals surface area contributed by atoms with Gasteiger partial charge in [-0.3, -0.25) is 0 Å². The molecule has 132 valence electrons. The van der Waals surface area contributed by atoms with Gasteiger partial charge in [0, 0.05) is 24.3 Å². The molecule has 0 radical (unpaired) electrons. The summed E-state index contributed by atoms with van der Waals surface area (Å²) >= 11 is 0. The highest BCUT2D eigenvalue weighted by atomic mass is 32.2. The first-order chi connectivity index (χ1) is 11.8. The van der Waals surface area contributed by atoms with Gasteiger partial charge in [0.05, 0.1) is 10.5 Å². The average Bonchev–Trinajstić information content (AvgIpc) is 3.00. The SMILES string of the molecule is CC1CCN(c2cc(C(=O)O)cc(S(N)(=O)=O)c2-c2ccccc2)C1. The zero-order valence-corrected chi connectivity index (χ0v) is 14.7. The van der Waals surface area contributed by atoms with Crippen LogP contribution in [0.4, 0.5) is 5.69 Å². The van der Waals surface area contributed by atoms with E-state index < -0.39 is 16.0 Å². The molecule has 1 aliphatic heterocycles. The van der Waals surface area contributed by atoms with Crippen LogP contribution in [-0.4, -0.2) is 32.6 Å². The molecule has 2 aromatic carbocycles. The molecule has 6 nitrogen and oxygen atoms in total. The van der Waals surface area contributed by atoms with E-state index in [9.17, 15) is 18.3 Å². The molecule has 1 saturated heterocycles. The minimum Gasteiger partial charge on any atom is -0.478 e. The van der Waals surface area contributed by atoms with Crippen molar-refractivity contribution in [2.24, 2.45) is 11.1 Å². The van der Waals surface area contributed by atoms with Gasteiger partial charge in [-0.25, -0.2) is 18.4 Å². The van der Waals surface area contributed by atoms with Crippen LogP contribution < -0.4 is 10.0 Å². The fraction of sp³-hybridized carbons (Fsp3) is 0.278. The van der Waals surface area contributed by atoms with Gasteiger partial charge in [-0.2, -0.15) is 0 Å². The molecule has 1 heterocycles. The highest BCUT2D eigenvalue weighted by Gasteiger charge is 2.28. The Labute approximate surface area is 146 Å². The fourth-order valence-electron chi connectivity index (χ4n) is 3.25. The average molecular weight is 360 g/mol. The van der Waals surface area contributed by atoms with Gasteiger partial charge in [0.2, 0.25) is 10.0 Å². The van der Waals surface area contributed by atoms with Crippen LogP contribution in [0.1, 0.15) is 23.7 Å². The van der Waals surface area contributed by atoms with Crippen molar-refractivity contribution in [3.63, 3.8) is 0 Å². The lowest BCUT2D eigenvalue weighted by Crippen LogP contribution is -2.23. The van der Waals surface area contributed by atoms with Gasteiger partial charge < -0.3 is 10.0 Å². The first-order valence-corrected chi connectivity index (χ1v) is 9.56. The third-order valence-corrected chi connectivity index (χ3v) is 5.40. The number of aromatic carboxylic acids is 1. The maximum absolute atomic E-state index is 12.2. The predicted molar refractivity (Wildman–Crippen MR) is 96.2 cm³/mol. The zero-order chi connectivity index (χ0) is 18.2. The highest BCUT2D eigenvalue weighted by Crippen LogP contribution is 2.39. The van der Waals surface area contributed by atoms with Gasteiger partial charge in [-0.1, -0.05) is 37.3 Å². The molecule has 0 spiro atoms. The minimum atomic E-state index is -4.09. The molecule has 2 aromatic rings. The summed E-state index contributed by atoms with van der Waals surface area (Å²) in [5.41, 5.74) is 1.66. The van der Waals surface area contributed by atoms with E-state index in [0.29, 0.717) is 22.7 Å². The molecule has 1 fully saturated rings. The van der Waals surface area contributed by atoms with Crippen molar-refractivity contribution in [3.8, 4) is 11.1 Å². The van der Waals surface area contributed by atoms with E-state index in [1.807, 2.05) is 23.1 Å². The lowest BCUT2D eigenvalue weighted by atomic mass is 10.0. The lowest BCUT2D eigenvalue weighted by Gasteiger charge is -2.24. The van der Waals surface area contributed by atoms with Crippen LogP contribution in [0.2, 0.25) is 0 Å². The number of sulfonamides is 1. The smallest absolute Gasteiger partial charge is 0.335 e. The molecule has 1 aliphatic rings. The minimum absolute atomic E-state index is 0.0849. The predicted octanol–water partition coefficient (Wildman–Crippen LogP) is 2.55. The number of hydrogen-bond donors (Lipinski definition) is 2. The first-order valence-electron chi connectivity index (χ1n) is 8.02. The van der Waals surface area contributed by atoms with Crippen molar-refractivity contribution in [3.05, 3.63) is 48.0 Å². The standard InChI is InChI=1S/C18H20N2O4S/c1-12-7-8-20(11-12)15-9-14(18(21)22)10-16(25(19,23)24)17(15)13-5-3-2-4-6-13/h2-6,9-10,12H,7-8,11H2,1H3,(H,21,22)(H2,19,23,24). The van der Waals surface area contributed by atoms with Crippen molar-refractivity contribution in [1.82, 2.24) is 0 Å². The number of nitrogens with two attached hydrogens (primary N) is 1. The molecule has 0 aromatic heterocycles. The van der Waals surface area contributed by atoms with Crippen molar-refractivity contribution in [1.29, 1.82) is 0 Å². The monoisotopic (exact) mass is 360 g/mol. The van der Waals surface area contributed by atoms with E-state index in [0.717, 1.165) is 25.6 Å². The highest BCUT2D eigenvalue weighted by molar-refractivity contribution is 7.89. The molecular formula is C18H20N2O4S. The van der Waals surface area contributed by atoms with E-state index >= 15 is 0 Å². The summed E-state index contributed by atoms with van der Waals surface area (Å²) < 4.78 is 24.4. The Morgan fingerprint density at radius 2 is 1.92 bits per heavy atom. The van der Waals surface area contributed by atoms with Gasteiger partial charge in [-0.15, -0.1) is 0 Å². The molecule has 25 heavy (non-hydrogen) atoms. The van der Waals surface area contributed by atoms with Gasteiger partial charge in [0.15, 0.2) is 0 Å². The summed E-state index contributed by atoms with van der Waals surface area (Å²) in [6.07, 6.45) is 0.968. The molecule has 1 unspecified atom stereocenters. The van der Waals surface area contributed by atoms with Gasteiger partial charge >= 0.3 is 5.97 Å². The lowest BCUT2D eigenvalue weighted by molar-refractivity contribution is 0.0696. The fourth-order valence-corrected chi connectivity index (χ4v) is 4.04. The van der Waals surface area contributed by atoms with Gasteiger partial charge in [0.1, 0.15) is 0 Å². The van der Waals surface area contributed by atoms with Crippen molar-refractivity contribution in [2.75, 3.05) is 18.0 Å². The van der Waals surface area contributed by atoms with Crippen LogP contribution >= 0.6 is 0 Å². The van der Waals surface area contributed by atoms with Gasteiger partial charge in [0.25, 0.3) is 0 Å². The van der Waals surface area contributed by atoms with E-state index in [2.05, 4.69) is 6.92 Å². The first kappa shape index (κ1) is 17.4. The van der Waals surface area contributed by atoms with E-state index in [-0.39, 0.29) is 10.5 Å². The molecule has 1 atom stereocenters. The molecule has 3 N–H and O–H groups in total. The number of anilines is 1. The number of carboxylic acids is 1. The Balaban J connectivity index is 2.34. The zero-order valence-electron chi connectivity index (χ0n) is 13.8. The molecular weight excluding hydrogens is 340 g/mol. The van der Waals surface area contributed by atoms with Crippen LogP contribution in [0.3, 0.4) is 0 Å². The molecule has 0 aliphatic carbocycles. The van der Waals surface area contributed by atoms with Crippen molar-refractivity contribution in [2.45, 2.75) is 18.2 Å². The summed E-state index contributed by atoms with van der Waals surface area (Å²) in [5, 5.41) is 14.8. The number of rotatable bonds is 4. The van der Waals surface area contributed by atoms with Crippen LogP contribution in [-0.2, 0) is 10.0 Å². The molecule has 0 bridgehead atoms. The van der Waals surface area contributed by atoms with Crippen molar-refractivity contribution >= 4 is 21.7 Å². The second-order valence-corrected chi connectivity index (χ2v) is 7.95. The maximum atomic E-state index is 12.2. The number of nitrogens with zero attached hydrogens (tertiary/aromatic N) is 1. The molecule has 0 saturated carbocycles.